The lowest BCUT2D eigenvalue weighted by atomic mass is 10.2. The summed E-state index contributed by atoms with van der Waals surface area (Å²) >= 11 is 2.04. The van der Waals surface area contributed by atoms with Crippen LogP contribution in [0.15, 0.2) is 6.20 Å². The van der Waals surface area contributed by atoms with Crippen molar-refractivity contribution in [1.29, 1.82) is 0 Å². The van der Waals surface area contributed by atoms with Gasteiger partial charge in [0.15, 0.2) is 5.82 Å². The molecule has 0 bridgehead atoms. The molecular weight excluding hydrogens is 296 g/mol. The van der Waals surface area contributed by atoms with E-state index in [2.05, 4.69) is 22.0 Å². The van der Waals surface area contributed by atoms with Crippen LogP contribution in [0.5, 0.6) is 0 Å². The summed E-state index contributed by atoms with van der Waals surface area (Å²) < 4.78 is 7.75. The number of rotatable bonds is 5. The largest absolute Gasteiger partial charge is 0.374 e. The van der Waals surface area contributed by atoms with Crippen LogP contribution >= 0.6 is 11.8 Å². The van der Waals surface area contributed by atoms with Crippen molar-refractivity contribution in [3.63, 3.8) is 0 Å². The second-order valence-corrected chi connectivity index (χ2v) is 6.94. The highest BCUT2D eigenvalue weighted by Crippen LogP contribution is 2.23. The standard InChI is InChI=1S/C16H24N4OS/c1-4-21-10-15-18-14-9-17-12(3)11(2)16(14)20(15)19-13-5-7-22-8-6-13/h9,13,19H,4-8,10H2,1-3H3. The van der Waals surface area contributed by atoms with E-state index in [1.807, 2.05) is 31.8 Å². The van der Waals surface area contributed by atoms with Gasteiger partial charge in [-0.05, 0) is 50.7 Å². The fraction of sp³-hybridized carbons (Fsp3) is 0.625. The van der Waals surface area contributed by atoms with Crippen molar-refractivity contribution in [2.45, 2.75) is 46.3 Å². The van der Waals surface area contributed by atoms with Gasteiger partial charge < -0.3 is 10.2 Å². The molecule has 1 aliphatic heterocycles. The summed E-state index contributed by atoms with van der Waals surface area (Å²) in [6.07, 6.45) is 4.26. The lowest BCUT2D eigenvalue weighted by Crippen LogP contribution is -2.32. The van der Waals surface area contributed by atoms with E-state index in [1.54, 1.807) is 0 Å². The van der Waals surface area contributed by atoms with Gasteiger partial charge in [0.2, 0.25) is 0 Å². The summed E-state index contributed by atoms with van der Waals surface area (Å²) in [5.41, 5.74) is 8.00. The molecule has 0 unspecified atom stereocenters. The Balaban J connectivity index is 2.00. The molecule has 0 spiro atoms. The zero-order valence-electron chi connectivity index (χ0n) is 13.6. The minimum atomic E-state index is 0.506. The van der Waals surface area contributed by atoms with Gasteiger partial charge in [0, 0.05) is 18.3 Å². The van der Waals surface area contributed by atoms with Crippen molar-refractivity contribution >= 4 is 22.8 Å². The van der Waals surface area contributed by atoms with E-state index < -0.39 is 0 Å². The fourth-order valence-corrected chi connectivity index (χ4v) is 3.91. The first-order valence-electron chi connectivity index (χ1n) is 7.96. The zero-order valence-corrected chi connectivity index (χ0v) is 14.4. The maximum Gasteiger partial charge on any atom is 0.154 e. The van der Waals surface area contributed by atoms with Gasteiger partial charge in [-0.15, -0.1) is 0 Å². The molecule has 3 rings (SSSR count). The Morgan fingerprint density at radius 1 is 1.36 bits per heavy atom. The molecule has 2 aromatic rings. The van der Waals surface area contributed by atoms with Gasteiger partial charge in [-0.25, -0.2) is 9.66 Å². The SMILES string of the molecule is CCOCc1nc2cnc(C)c(C)c2n1NC1CCSCC1. The molecule has 1 fully saturated rings. The zero-order chi connectivity index (χ0) is 15.5. The van der Waals surface area contributed by atoms with E-state index in [9.17, 15) is 0 Å². The number of hydrogen-bond acceptors (Lipinski definition) is 5. The van der Waals surface area contributed by atoms with E-state index >= 15 is 0 Å². The van der Waals surface area contributed by atoms with Crippen LogP contribution in [0, 0.1) is 13.8 Å². The quantitative estimate of drug-likeness (QED) is 0.918. The van der Waals surface area contributed by atoms with Gasteiger partial charge in [-0.1, -0.05) is 0 Å². The van der Waals surface area contributed by atoms with Crippen LogP contribution in [0.25, 0.3) is 11.0 Å². The molecule has 120 valence electrons. The van der Waals surface area contributed by atoms with Crippen molar-refractivity contribution in [3.05, 3.63) is 23.3 Å². The minimum absolute atomic E-state index is 0.506. The van der Waals surface area contributed by atoms with Gasteiger partial charge in [-0.2, -0.15) is 11.8 Å². The van der Waals surface area contributed by atoms with Crippen LogP contribution in [-0.4, -0.2) is 38.8 Å². The predicted molar refractivity (Wildman–Crippen MR) is 92.0 cm³/mol. The first-order chi connectivity index (χ1) is 10.7. The molecule has 1 aliphatic rings. The van der Waals surface area contributed by atoms with Gasteiger partial charge in [0.1, 0.15) is 12.1 Å². The van der Waals surface area contributed by atoms with E-state index in [4.69, 9.17) is 9.72 Å². The molecule has 0 radical (unpaired) electrons. The average molecular weight is 320 g/mol. The third-order valence-corrected chi connectivity index (χ3v) is 5.27. The normalized spacial score (nSPS) is 16.3. The molecule has 0 aromatic carbocycles. The second kappa shape index (κ2) is 6.87. The molecule has 1 saturated heterocycles. The lowest BCUT2D eigenvalue weighted by Gasteiger charge is -2.25. The van der Waals surface area contributed by atoms with Gasteiger partial charge in [-0.3, -0.25) is 4.98 Å². The Morgan fingerprint density at radius 2 is 2.14 bits per heavy atom. The number of aromatic nitrogens is 3. The smallest absolute Gasteiger partial charge is 0.154 e. The van der Waals surface area contributed by atoms with Crippen LogP contribution in [0.1, 0.15) is 36.8 Å². The monoisotopic (exact) mass is 320 g/mol. The summed E-state index contributed by atoms with van der Waals surface area (Å²) in [6.45, 7) is 7.39. The number of pyridine rings is 1. The van der Waals surface area contributed by atoms with E-state index in [-0.39, 0.29) is 0 Å². The van der Waals surface area contributed by atoms with Crippen molar-refractivity contribution in [1.82, 2.24) is 14.6 Å². The van der Waals surface area contributed by atoms with Crippen LogP contribution in [0.2, 0.25) is 0 Å². The molecular formula is C16H24N4OS. The Labute approximate surface area is 135 Å². The van der Waals surface area contributed by atoms with E-state index in [0.717, 1.165) is 22.6 Å². The van der Waals surface area contributed by atoms with Crippen LogP contribution in [0.4, 0.5) is 0 Å². The lowest BCUT2D eigenvalue weighted by molar-refractivity contribution is 0.126. The molecule has 5 nitrogen and oxygen atoms in total. The van der Waals surface area contributed by atoms with Crippen molar-refractivity contribution in [2.75, 3.05) is 23.5 Å². The molecule has 3 heterocycles. The topological polar surface area (TPSA) is 52.0 Å². The first-order valence-corrected chi connectivity index (χ1v) is 9.11. The Hall–Kier alpha value is -1.27. The van der Waals surface area contributed by atoms with Crippen LogP contribution in [0.3, 0.4) is 0 Å². The number of hydrogen-bond donors (Lipinski definition) is 1. The molecule has 1 N–H and O–H groups in total. The Kier molecular flexibility index (Phi) is 4.88. The number of fused-ring (bicyclic) bond motifs is 1. The van der Waals surface area contributed by atoms with Crippen LogP contribution in [-0.2, 0) is 11.3 Å². The van der Waals surface area contributed by atoms with Gasteiger partial charge >= 0.3 is 0 Å². The van der Waals surface area contributed by atoms with E-state index in [1.165, 1.54) is 29.9 Å². The number of thioether (sulfide) groups is 1. The highest BCUT2D eigenvalue weighted by molar-refractivity contribution is 7.99. The highest BCUT2D eigenvalue weighted by atomic mass is 32.2. The summed E-state index contributed by atoms with van der Waals surface area (Å²) in [4.78, 5) is 9.17. The maximum atomic E-state index is 5.60. The third-order valence-electron chi connectivity index (χ3n) is 4.22. The number of nitrogens with one attached hydrogen (secondary N) is 1. The average Bonchev–Trinajstić information content (AvgIpc) is 2.88. The Bertz CT molecular complexity index is 649. The highest BCUT2D eigenvalue weighted by Gasteiger charge is 2.19. The fourth-order valence-electron chi connectivity index (χ4n) is 2.80. The van der Waals surface area contributed by atoms with Gasteiger partial charge in [0.05, 0.1) is 11.7 Å². The first kappa shape index (κ1) is 15.6. The van der Waals surface area contributed by atoms with Crippen molar-refractivity contribution in [2.24, 2.45) is 0 Å². The predicted octanol–water partition coefficient (Wildman–Crippen LogP) is 3.02. The van der Waals surface area contributed by atoms with E-state index in [0.29, 0.717) is 19.3 Å². The minimum Gasteiger partial charge on any atom is -0.374 e. The Morgan fingerprint density at radius 3 is 2.86 bits per heavy atom. The molecule has 6 heteroatoms. The molecule has 0 saturated carbocycles. The summed E-state index contributed by atoms with van der Waals surface area (Å²) in [7, 11) is 0. The molecule has 0 amide bonds. The number of ether oxygens (including phenoxy) is 1. The molecule has 0 aliphatic carbocycles. The maximum absolute atomic E-state index is 5.60. The summed E-state index contributed by atoms with van der Waals surface area (Å²) in [6, 6.07) is 0.506. The number of aryl methyl sites for hydroxylation is 2. The van der Waals surface area contributed by atoms with Crippen LogP contribution < -0.4 is 5.43 Å². The molecule has 0 atom stereocenters. The second-order valence-electron chi connectivity index (χ2n) is 5.72. The molecule has 2 aromatic heterocycles. The third kappa shape index (κ3) is 3.08. The number of nitrogens with zero attached hydrogens (tertiary/aromatic N) is 3. The van der Waals surface area contributed by atoms with Crippen molar-refractivity contribution in [3.8, 4) is 0 Å². The summed E-state index contributed by atoms with van der Waals surface area (Å²) in [5, 5.41) is 0. The summed E-state index contributed by atoms with van der Waals surface area (Å²) in [5.74, 6) is 3.39. The molecule has 22 heavy (non-hydrogen) atoms. The van der Waals surface area contributed by atoms with Crippen molar-refractivity contribution < 1.29 is 4.74 Å². The number of imidazole rings is 1. The van der Waals surface area contributed by atoms with Gasteiger partial charge in [0.25, 0.3) is 0 Å².